The van der Waals surface area contributed by atoms with Gasteiger partial charge in [0.1, 0.15) is 17.7 Å². The second-order valence-corrected chi connectivity index (χ2v) is 9.75. The maximum absolute atomic E-state index is 12.5. The molecule has 4 aromatic rings. The number of thiazole rings is 1. The number of nitro benzene ring substituents is 1. The van der Waals surface area contributed by atoms with Gasteiger partial charge in [0.2, 0.25) is 0 Å². The van der Waals surface area contributed by atoms with Crippen LogP contribution < -0.4 is 5.32 Å². The number of nitrogens with one attached hydrogen (secondary N) is 1. The van der Waals surface area contributed by atoms with Gasteiger partial charge in [0.25, 0.3) is 11.6 Å². The maximum Gasteiger partial charge on any atom is 0.283 e. The molecule has 0 spiro atoms. The van der Waals surface area contributed by atoms with Crippen LogP contribution in [0.2, 0.25) is 5.02 Å². The number of hydrogen-bond donors (Lipinski definition) is 1. The third-order valence-electron chi connectivity index (χ3n) is 4.66. The largest absolute Gasteiger partial charge is 0.322 e. The van der Waals surface area contributed by atoms with Gasteiger partial charge in [-0.1, -0.05) is 29.4 Å². The maximum atomic E-state index is 12.5. The predicted molar refractivity (Wildman–Crippen MR) is 135 cm³/mol. The van der Waals surface area contributed by atoms with E-state index >= 15 is 0 Å². The molecule has 0 aliphatic heterocycles. The number of nitriles is 2. The molecular formula is C24H12ClN5O3S2. The summed E-state index contributed by atoms with van der Waals surface area (Å²) in [7, 11) is 0. The molecule has 0 fully saturated rings. The molecule has 1 N–H and O–H groups in total. The lowest BCUT2D eigenvalue weighted by Crippen LogP contribution is -2.11. The van der Waals surface area contributed by atoms with Gasteiger partial charge in [0, 0.05) is 22.3 Å². The van der Waals surface area contributed by atoms with Crippen LogP contribution in [0.1, 0.15) is 15.9 Å². The van der Waals surface area contributed by atoms with Crippen LogP contribution in [0.15, 0.2) is 75.5 Å². The van der Waals surface area contributed by atoms with E-state index in [1.807, 2.05) is 0 Å². The molecule has 8 nitrogen and oxygen atoms in total. The minimum Gasteiger partial charge on any atom is -0.322 e. The summed E-state index contributed by atoms with van der Waals surface area (Å²) in [5, 5.41) is 32.8. The van der Waals surface area contributed by atoms with Crippen molar-refractivity contribution in [1.29, 1.82) is 10.5 Å². The highest BCUT2D eigenvalue weighted by molar-refractivity contribution is 8.01. The molecule has 0 aliphatic rings. The van der Waals surface area contributed by atoms with E-state index in [0.717, 1.165) is 16.5 Å². The first-order valence-corrected chi connectivity index (χ1v) is 11.8. The van der Waals surface area contributed by atoms with E-state index < -0.39 is 4.92 Å². The fourth-order valence-corrected chi connectivity index (χ4v) is 5.31. The summed E-state index contributed by atoms with van der Waals surface area (Å²) >= 11 is 8.34. The van der Waals surface area contributed by atoms with Crippen molar-refractivity contribution in [3.8, 4) is 12.1 Å². The Morgan fingerprint density at radius 1 is 1.11 bits per heavy atom. The molecule has 11 heteroatoms. The quantitative estimate of drug-likeness (QED) is 0.171. The fraction of sp³-hybridized carbons (Fsp3) is 0. The number of benzene rings is 3. The van der Waals surface area contributed by atoms with Gasteiger partial charge in [-0.05, 0) is 60.2 Å². The molecule has 4 rings (SSSR count). The number of hydrogen-bond acceptors (Lipinski definition) is 8. The summed E-state index contributed by atoms with van der Waals surface area (Å²) in [5.41, 5.74) is 1.82. The van der Waals surface area contributed by atoms with Crippen molar-refractivity contribution in [3.05, 3.63) is 92.5 Å². The number of nitrogens with zero attached hydrogens (tertiary/aromatic N) is 4. The molecule has 0 atom stereocenters. The third kappa shape index (κ3) is 5.65. The van der Waals surface area contributed by atoms with Crippen LogP contribution >= 0.6 is 34.7 Å². The fourth-order valence-electron chi connectivity index (χ4n) is 3.03. The van der Waals surface area contributed by atoms with Crippen molar-refractivity contribution < 1.29 is 9.72 Å². The highest BCUT2D eigenvalue weighted by Gasteiger charge is 2.18. The van der Waals surface area contributed by atoms with Crippen molar-refractivity contribution in [2.45, 2.75) is 9.24 Å². The highest BCUT2D eigenvalue weighted by Crippen LogP contribution is 2.39. The Morgan fingerprint density at radius 3 is 2.54 bits per heavy atom. The molecule has 0 saturated carbocycles. The van der Waals surface area contributed by atoms with Crippen LogP contribution in [0.4, 0.5) is 11.4 Å². The first-order chi connectivity index (χ1) is 16.9. The topological polar surface area (TPSA) is 133 Å². The Balaban J connectivity index is 1.57. The molecule has 1 aromatic heterocycles. The van der Waals surface area contributed by atoms with Gasteiger partial charge in [-0.25, -0.2) is 4.98 Å². The minimum absolute atomic E-state index is 0.148. The van der Waals surface area contributed by atoms with Crippen molar-refractivity contribution in [2.75, 3.05) is 5.32 Å². The number of carbonyl (C=O) groups is 1. The third-order valence-corrected chi connectivity index (χ3v) is 7.06. The van der Waals surface area contributed by atoms with Crippen LogP contribution in [0, 0.1) is 32.8 Å². The summed E-state index contributed by atoms with van der Waals surface area (Å²) in [6.07, 6.45) is 1.29. The first kappa shape index (κ1) is 23.9. The van der Waals surface area contributed by atoms with Gasteiger partial charge in [-0.3, -0.25) is 14.9 Å². The standard InChI is InChI=1S/C24H12ClN5O3S2/c25-17-4-2-16(3-5-17)23(31)28-18-6-7-19-22(11-18)35-24(29-19)34-21-8-1-14(9-15(12-26)13-27)10-20(21)30(32)33/h1-11H,(H,28,31). The molecule has 170 valence electrons. The van der Waals surface area contributed by atoms with Gasteiger partial charge in [-0.15, -0.1) is 11.3 Å². The molecule has 1 amide bonds. The lowest BCUT2D eigenvalue weighted by atomic mass is 10.1. The van der Waals surface area contributed by atoms with Crippen molar-refractivity contribution in [1.82, 2.24) is 4.98 Å². The molecule has 0 bridgehead atoms. The summed E-state index contributed by atoms with van der Waals surface area (Å²) in [4.78, 5) is 28.5. The summed E-state index contributed by atoms with van der Waals surface area (Å²) in [6.45, 7) is 0. The monoisotopic (exact) mass is 517 g/mol. The minimum atomic E-state index is -0.518. The average Bonchev–Trinajstić information content (AvgIpc) is 3.25. The molecule has 3 aromatic carbocycles. The Labute approximate surface area is 212 Å². The van der Waals surface area contributed by atoms with Crippen molar-refractivity contribution in [3.63, 3.8) is 0 Å². The first-order valence-electron chi connectivity index (χ1n) is 9.82. The van der Waals surface area contributed by atoms with Gasteiger partial charge in [0.05, 0.1) is 20.0 Å². The number of halogens is 1. The number of amides is 1. The number of fused-ring (bicyclic) bond motifs is 1. The van der Waals surface area contributed by atoms with Gasteiger partial charge < -0.3 is 5.32 Å². The van der Waals surface area contributed by atoms with Gasteiger partial charge >= 0.3 is 0 Å². The number of aromatic nitrogens is 1. The molecule has 0 unspecified atom stereocenters. The van der Waals surface area contributed by atoms with Crippen molar-refractivity contribution in [2.24, 2.45) is 0 Å². The smallest absolute Gasteiger partial charge is 0.283 e. The molecule has 1 heterocycles. The number of rotatable bonds is 6. The lowest BCUT2D eigenvalue weighted by molar-refractivity contribution is -0.387. The van der Waals surface area contributed by atoms with Crippen LogP contribution in [-0.2, 0) is 0 Å². The van der Waals surface area contributed by atoms with Gasteiger partial charge in [-0.2, -0.15) is 10.5 Å². The lowest BCUT2D eigenvalue weighted by Gasteiger charge is -2.05. The Morgan fingerprint density at radius 2 is 1.86 bits per heavy atom. The number of nitro groups is 1. The second-order valence-electron chi connectivity index (χ2n) is 6.99. The van der Waals surface area contributed by atoms with Crippen LogP contribution in [0.25, 0.3) is 16.3 Å². The van der Waals surface area contributed by atoms with Crippen LogP contribution in [0.3, 0.4) is 0 Å². The van der Waals surface area contributed by atoms with E-state index in [4.69, 9.17) is 22.1 Å². The van der Waals surface area contributed by atoms with Crippen LogP contribution in [0.5, 0.6) is 0 Å². The van der Waals surface area contributed by atoms with E-state index in [1.165, 1.54) is 23.5 Å². The molecule has 0 aliphatic carbocycles. The van der Waals surface area contributed by atoms with Crippen molar-refractivity contribution >= 4 is 68.3 Å². The SMILES string of the molecule is N#CC(C#N)=Cc1ccc(Sc2nc3ccc(NC(=O)c4ccc(Cl)cc4)cc3s2)c([N+](=O)[O-])c1. The average molecular weight is 518 g/mol. The summed E-state index contributed by atoms with van der Waals surface area (Å²) < 4.78 is 1.39. The Bertz CT molecular complexity index is 1570. The normalized spacial score (nSPS) is 10.3. The zero-order valence-electron chi connectivity index (χ0n) is 17.6. The predicted octanol–water partition coefficient (Wildman–Crippen LogP) is 6.69. The number of allylic oxidation sites excluding steroid dienone is 1. The highest BCUT2D eigenvalue weighted by atomic mass is 35.5. The van der Waals surface area contributed by atoms with E-state index in [1.54, 1.807) is 66.7 Å². The summed E-state index contributed by atoms with van der Waals surface area (Å²) in [5.74, 6) is -0.277. The zero-order valence-corrected chi connectivity index (χ0v) is 19.9. The van der Waals surface area contributed by atoms with E-state index in [-0.39, 0.29) is 17.2 Å². The number of carbonyl (C=O) groups excluding carboxylic acids is 1. The van der Waals surface area contributed by atoms with E-state index in [2.05, 4.69) is 10.3 Å². The second kappa shape index (κ2) is 10.4. The van der Waals surface area contributed by atoms with E-state index in [9.17, 15) is 14.9 Å². The molecule has 35 heavy (non-hydrogen) atoms. The molecular weight excluding hydrogens is 506 g/mol. The molecule has 0 saturated heterocycles. The molecule has 0 radical (unpaired) electrons. The Hall–Kier alpha value is -4.22. The van der Waals surface area contributed by atoms with Crippen LogP contribution in [-0.4, -0.2) is 15.8 Å². The number of anilines is 1. The Kier molecular flexibility index (Phi) is 7.09. The zero-order chi connectivity index (χ0) is 24.9. The van der Waals surface area contributed by atoms with Gasteiger partial charge in [0.15, 0.2) is 4.34 Å². The van der Waals surface area contributed by atoms with E-state index in [0.29, 0.717) is 36.6 Å². The summed E-state index contributed by atoms with van der Waals surface area (Å²) in [6, 6.07) is 19.8.